The van der Waals surface area contributed by atoms with Crippen molar-refractivity contribution in [1.29, 1.82) is 0 Å². The number of nitrogens with one attached hydrogen (secondary N) is 2. The lowest BCUT2D eigenvalue weighted by Crippen LogP contribution is -3.09. The number of amides is 1. The van der Waals surface area contributed by atoms with Gasteiger partial charge in [0.05, 0.1) is 30.0 Å². The van der Waals surface area contributed by atoms with Crippen LogP contribution in [0, 0.1) is 0 Å². The number of quaternary nitrogens is 1. The summed E-state index contributed by atoms with van der Waals surface area (Å²) in [6, 6.07) is 17.4. The Balaban J connectivity index is 1.47. The molecule has 0 aliphatic carbocycles. The Morgan fingerprint density at radius 1 is 1.07 bits per heavy atom. The first-order valence-electron chi connectivity index (χ1n) is 10.5. The normalized spacial score (nSPS) is 18.6. The van der Waals surface area contributed by atoms with E-state index in [1.165, 1.54) is 19.6 Å². The SMILES string of the molecule is CCn1c(=O)c2ccccc2n(CC(=O)N[C@@H]2CC[NH+](Cc3ccccc3)C2)c1=O. The van der Waals surface area contributed by atoms with E-state index in [0.717, 1.165) is 26.1 Å². The predicted molar refractivity (Wildman–Crippen MR) is 116 cm³/mol. The summed E-state index contributed by atoms with van der Waals surface area (Å²) in [4.78, 5) is 39.5. The summed E-state index contributed by atoms with van der Waals surface area (Å²) in [7, 11) is 0. The number of hydrogen-bond donors (Lipinski definition) is 2. The van der Waals surface area contributed by atoms with E-state index in [2.05, 4.69) is 17.4 Å². The van der Waals surface area contributed by atoms with Gasteiger partial charge in [-0.25, -0.2) is 4.79 Å². The number of carbonyl (C=O) groups is 1. The summed E-state index contributed by atoms with van der Waals surface area (Å²) in [6.45, 7) is 4.74. The van der Waals surface area contributed by atoms with Crippen LogP contribution in [-0.4, -0.2) is 34.2 Å². The molecule has 1 aromatic heterocycles. The van der Waals surface area contributed by atoms with Crippen LogP contribution >= 0.6 is 0 Å². The highest BCUT2D eigenvalue weighted by Gasteiger charge is 2.27. The molecule has 1 unspecified atom stereocenters. The third kappa shape index (κ3) is 4.07. The minimum atomic E-state index is -0.445. The highest BCUT2D eigenvalue weighted by molar-refractivity contribution is 5.81. The number of nitrogens with zero attached hydrogens (tertiary/aromatic N) is 2. The average molecular weight is 407 g/mol. The van der Waals surface area contributed by atoms with Crippen molar-refractivity contribution in [2.24, 2.45) is 0 Å². The fourth-order valence-electron chi connectivity index (χ4n) is 4.32. The molecule has 0 bridgehead atoms. The number of likely N-dealkylation sites (tertiary alicyclic amines) is 1. The zero-order valence-electron chi connectivity index (χ0n) is 17.1. The van der Waals surface area contributed by atoms with Crippen LogP contribution in [0.4, 0.5) is 0 Å². The Morgan fingerprint density at radius 3 is 2.57 bits per heavy atom. The molecule has 1 saturated heterocycles. The Hall–Kier alpha value is -3.19. The number of carbonyl (C=O) groups excluding carboxylic acids is 1. The second-order valence-corrected chi connectivity index (χ2v) is 7.85. The van der Waals surface area contributed by atoms with Crippen LogP contribution in [0.5, 0.6) is 0 Å². The van der Waals surface area contributed by atoms with Crippen molar-refractivity contribution in [1.82, 2.24) is 14.5 Å². The van der Waals surface area contributed by atoms with Crippen molar-refractivity contribution in [3.63, 3.8) is 0 Å². The van der Waals surface area contributed by atoms with Crippen molar-refractivity contribution in [2.75, 3.05) is 13.1 Å². The molecule has 2 N–H and O–H groups in total. The van der Waals surface area contributed by atoms with E-state index in [0.29, 0.717) is 10.9 Å². The summed E-state index contributed by atoms with van der Waals surface area (Å²) in [5, 5.41) is 3.53. The monoisotopic (exact) mass is 407 g/mol. The first-order valence-corrected chi connectivity index (χ1v) is 10.5. The third-order valence-corrected chi connectivity index (χ3v) is 5.79. The summed E-state index contributed by atoms with van der Waals surface area (Å²) in [5.41, 5.74) is 1.03. The molecule has 1 fully saturated rings. The molecular weight excluding hydrogens is 380 g/mol. The second kappa shape index (κ2) is 8.67. The lowest BCUT2D eigenvalue weighted by Gasteiger charge is -2.16. The standard InChI is InChI=1S/C23H26N4O3/c1-2-26-22(29)19-10-6-7-11-20(19)27(23(26)30)16-21(28)24-18-12-13-25(15-18)14-17-8-4-3-5-9-17/h3-11,18H,2,12-16H2,1H3,(H,24,28)/p+1/t18-/m1/s1. The molecule has 4 rings (SSSR count). The minimum Gasteiger partial charge on any atom is -0.346 e. The van der Waals surface area contributed by atoms with Gasteiger partial charge in [-0.2, -0.15) is 0 Å². The van der Waals surface area contributed by atoms with Gasteiger partial charge in [-0.15, -0.1) is 0 Å². The van der Waals surface area contributed by atoms with Crippen LogP contribution in [0.25, 0.3) is 10.9 Å². The third-order valence-electron chi connectivity index (χ3n) is 5.79. The molecule has 2 aromatic carbocycles. The molecule has 1 amide bonds. The van der Waals surface area contributed by atoms with Crippen LogP contribution in [0.1, 0.15) is 18.9 Å². The van der Waals surface area contributed by atoms with Crippen molar-refractivity contribution >= 4 is 16.8 Å². The number of fused-ring (bicyclic) bond motifs is 1. The van der Waals surface area contributed by atoms with Crippen molar-refractivity contribution in [3.8, 4) is 0 Å². The van der Waals surface area contributed by atoms with Crippen molar-refractivity contribution in [3.05, 3.63) is 81.0 Å². The van der Waals surface area contributed by atoms with Gasteiger partial charge in [0.25, 0.3) is 5.56 Å². The molecular formula is C23H27N4O3+. The smallest absolute Gasteiger partial charge is 0.331 e. The summed E-state index contributed by atoms with van der Waals surface area (Å²) in [5.74, 6) is -0.200. The lowest BCUT2D eigenvalue weighted by atomic mass is 10.2. The zero-order chi connectivity index (χ0) is 21.1. The van der Waals surface area contributed by atoms with Gasteiger partial charge in [0, 0.05) is 18.5 Å². The largest absolute Gasteiger partial charge is 0.346 e. The molecule has 7 heteroatoms. The maximum absolute atomic E-state index is 12.8. The van der Waals surface area contributed by atoms with Crippen LogP contribution < -0.4 is 21.5 Å². The van der Waals surface area contributed by atoms with Crippen LogP contribution in [0.15, 0.2) is 64.2 Å². The zero-order valence-corrected chi connectivity index (χ0v) is 17.1. The fourth-order valence-corrected chi connectivity index (χ4v) is 4.32. The quantitative estimate of drug-likeness (QED) is 0.611. The Kier molecular flexibility index (Phi) is 5.81. The van der Waals surface area contributed by atoms with E-state index in [1.807, 2.05) is 18.2 Å². The predicted octanol–water partition coefficient (Wildman–Crippen LogP) is 0.157. The lowest BCUT2D eigenvalue weighted by molar-refractivity contribution is -0.901. The second-order valence-electron chi connectivity index (χ2n) is 7.85. The maximum Gasteiger partial charge on any atom is 0.331 e. The average Bonchev–Trinajstić information content (AvgIpc) is 3.19. The molecule has 2 heterocycles. The van der Waals surface area contributed by atoms with E-state index in [1.54, 1.807) is 31.2 Å². The van der Waals surface area contributed by atoms with Gasteiger partial charge in [-0.1, -0.05) is 42.5 Å². The first kappa shape index (κ1) is 20.1. The summed E-state index contributed by atoms with van der Waals surface area (Å²) < 4.78 is 2.58. The van der Waals surface area contributed by atoms with E-state index in [4.69, 9.17) is 0 Å². The molecule has 0 spiro atoms. The number of para-hydroxylation sites is 1. The molecule has 30 heavy (non-hydrogen) atoms. The van der Waals surface area contributed by atoms with Gasteiger partial charge in [0.2, 0.25) is 5.91 Å². The van der Waals surface area contributed by atoms with Gasteiger partial charge in [-0.05, 0) is 19.1 Å². The highest BCUT2D eigenvalue weighted by atomic mass is 16.2. The maximum atomic E-state index is 12.8. The van der Waals surface area contributed by atoms with Crippen LogP contribution in [0.3, 0.4) is 0 Å². The number of benzene rings is 2. The topological polar surface area (TPSA) is 77.5 Å². The Morgan fingerprint density at radius 2 is 1.80 bits per heavy atom. The Bertz CT molecular complexity index is 1170. The van der Waals surface area contributed by atoms with E-state index in [-0.39, 0.29) is 30.6 Å². The van der Waals surface area contributed by atoms with Crippen molar-refractivity contribution < 1.29 is 9.69 Å². The summed E-state index contributed by atoms with van der Waals surface area (Å²) in [6.07, 6.45) is 0.915. The van der Waals surface area contributed by atoms with E-state index in [9.17, 15) is 14.4 Å². The van der Waals surface area contributed by atoms with Crippen LogP contribution in [-0.2, 0) is 24.4 Å². The molecule has 7 nitrogen and oxygen atoms in total. The van der Waals surface area contributed by atoms with E-state index >= 15 is 0 Å². The molecule has 1 aliphatic heterocycles. The number of aromatic nitrogens is 2. The van der Waals surface area contributed by atoms with E-state index < -0.39 is 5.69 Å². The molecule has 3 aromatic rings. The van der Waals surface area contributed by atoms with Gasteiger partial charge >= 0.3 is 5.69 Å². The minimum absolute atomic E-state index is 0.0928. The van der Waals surface area contributed by atoms with Crippen LogP contribution in [0.2, 0.25) is 0 Å². The number of rotatable bonds is 6. The van der Waals surface area contributed by atoms with Gasteiger partial charge in [-0.3, -0.25) is 18.7 Å². The fraction of sp³-hybridized carbons (Fsp3) is 0.348. The molecule has 156 valence electrons. The van der Waals surface area contributed by atoms with Gasteiger partial charge < -0.3 is 10.2 Å². The molecule has 0 radical (unpaired) electrons. The molecule has 1 aliphatic rings. The van der Waals surface area contributed by atoms with Crippen molar-refractivity contribution in [2.45, 2.75) is 39.0 Å². The highest BCUT2D eigenvalue weighted by Crippen LogP contribution is 2.07. The van der Waals surface area contributed by atoms with Gasteiger partial charge in [0.15, 0.2) is 0 Å². The van der Waals surface area contributed by atoms with Gasteiger partial charge in [0.1, 0.15) is 13.1 Å². The number of hydrogen-bond acceptors (Lipinski definition) is 3. The molecule has 0 saturated carbocycles. The Labute approximate surface area is 174 Å². The first-order chi connectivity index (χ1) is 14.6. The summed E-state index contributed by atoms with van der Waals surface area (Å²) >= 11 is 0. The molecule has 2 atom stereocenters.